The summed E-state index contributed by atoms with van der Waals surface area (Å²) in [6, 6.07) is 0. The molecule has 0 bridgehead atoms. The Morgan fingerprint density at radius 1 is 1.46 bits per heavy atom. The second-order valence-electron chi connectivity index (χ2n) is 3.81. The average molecular weight is 179 g/mol. The van der Waals surface area contributed by atoms with E-state index in [4.69, 9.17) is 5.73 Å². The van der Waals surface area contributed by atoms with Crippen molar-refractivity contribution in [3.05, 3.63) is 17.7 Å². The van der Waals surface area contributed by atoms with Crippen molar-refractivity contribution in [3.63, 3.8) is 0 Å². The number of aromatic nitrogens is 2. The van der Waals surface area contributed by atoms with Crippen LogP contribution in [-0.4, -0.2) is 16.5 Å². The molecule has 0 radical (unpaired) electrons. The van der Waals surface area contributed by atoms with Gasteiger partial charge in [0.25, 0.3) is 0 Å². The minimum atomic E-state index is 0.678. The van der Waals surface area contributed by atoms with Crippen LogP contribution in [0.2, 0.25) is 0 Å². The number of nitrogens with zero attached hydrogens (tertiary/aromatic N) is 1. The highest BCUT2D eigenvalue weighted by Gasteiger charge is 2.18. The highest BCUT2D eigenvalue weighted by atomic mass is 14.9. The summed E-state index contributed by atoms with van der Waals surface area (Å²) in [5, 5.41) is 0. The molecular formula is C10H17N3. The zero-order valence-electron chi connectivity index (χ0n) is 7.92. The summed E-state index contributed by atoms with van der Waals surface area (Å²) in [7, 11) is 0. The lowest BCUT2D eigenvalue weighted by Crippen LogP contribution is -2.04. The Bertz CT molecular complexity index is 261. The molecule has 0 spiro atoms. The van der Waals surface area contributed by atoms with E-state index < -0.39 is 0 Å². The van der Waals surface area contributed by atoms with Gasteiger partial charge in [-0.3, -0.25) is 0 Å². The van der Waals surface area contributed by atoms with Crippen LogP contribution in [0.5, 0.6) is 0 Å². The Balaban J connectivity index is 2.03. The maximum Gasteiger partial charge on any atom is 0.107 e. The normalized spacial score (nSPS) is 18.2. The lowest BCUT2D eigenvalue weighted by Gasteiger charge is -2.03. The van der Waals surface area contributed by atoms with E-state index in [1.807, 2.05) is 6.20 Å². The number of aromatic amines is 1. The van der Waals surface area contributed by atoms with Crippen molar-refractivity contribution in [2.24, 2.45) is 5.73 Å². The lowest BCUT2D eigenvalue weighted by molar-refractivity contribution is 0.698. The first kappa shape index (κ1) is 8.75. The molecule has 1 heterocycles. The quantitative estimate of drug-likeness (QED) is 0.740. The van der Waals surface area contributed by atoms with Crippen molar-refractivity contribution in [1.29, 1.82) is 0 Å². The molecule has 1 aromatic rings. The highest BCUT2D eigenvalue weighted by molar-refractivity contribution is 5.09. The van der Waals surface area contributed by atoms with E-state index >= 15 is 0 Å². The van der Waals surface area contributed by atoms with E-state index in [2.05, 4.69) is 9.97 Å². The smallest absolute Gasteiger partial charge is 0.107 e. The van der Waals surface area contributed by atoms with Gasteiger partial charge >= 0.3 is 0 Å². The maximum absolute atomic E-state index is 5.46. The molecule has 0 atom stereocenters. The van der Waals surface area contributed by atoms with E-state index in [1.54, 1.807) is 0 Å². The zero-order valence-corrected chi connectivity index (χ0v) is 7.92. The van der Waals surface area contributed by atoms with E-state index in [0.29, 0.717) is 6.54 Å². The largest absolute Gasteiger partial charge is 0.346 e. The van der Waals surface area contributed by atoms with E-state index in [0.717, 1.165) is 18.2 Å². The highest BCUT2D eigenvalue weighted by Crippen LogP contribution is 2.32. The summed E-state index contributed by atoms with van der Waals surface area (Å²) in [6.07, 6.45) is 8.24. The Hall–Kier alpha value is -0.830. The summed E-state index contributed by atoms with van der Waals surface area (Å²) in [5.74, 6) is 1.78. The SMILES string of the molecule is NCCc1ncc(C2CCCC2)[nH]1. The summed E-state index contributed by atoms with van der Waals surface area (Å²) in [5.41, 5.74) is 6.78. The predicted octanol–water partition coefficient (Wildman–Crippen LogP) is 1.57. The summed E-state index contributed by atoms with van der Waals surface area (Å²) in [6.45, 7) is 0.678. The van der Waals surface area contributed by atoms with Gasteiger partial charge in [-0.2, -0.15) is 0 Å². The molecule has 1 aliphatic rings. The molecule has 0 saturated heterocycles. The number of H-pyrrole nitrogens is 1. The van der Waals surface area contributed by atoms with Crippen LogP contribution in [0.25, 0.3) is 0 Å². The molecule has 0 amide bonds. The first-order valence-corrected chi connectivity index (χ1v) is 5.14. The van der Waals surface area contributed by atoms with Gasteiger partial charge in [0.1, 0.15) is 5.82 Å². The van der Waals surface area contributed by atoms with Crippen molar-refractivity contribution in [1.82, 2.24) is 9.97 Å². The van der Waals surface area contributed by atoms with Gasteiger partial charge in [-0.05, 0) is 19.4 Å². The van der Waals surface area contributed by atoms with Gasteiger partial charge in [0, 0.05) is 24.2 Å². The fourth-order valence-electron chi connectivity index (χ4n) is 2.09. The third-order valence-corrected chi connectivity index (χ3v) is 2.82. The maximum atomic E-state index is 5.46. The first-order chi connectivity index (χ1) is 6.40. The van der Waals surface area contributed by atoms with E-state index in [1.165, 1.54) is 31.4 Å². The second kappa shape index (κ2) is 3.92. The van der Waals surface area contributed by atoms with Crippen molar-refractivity contribution in [2.75, 3.05) is 6.54 Å². The third-order valence-electron chi connectivity index (χ3n) is 2.82. The van der Waals surface area contributed by atoms with Crippen molar-refractivity contribution in [3.8, 4) is 0 Å². The van der Waals surface area contributed by atoms with Crippen LogP contribution < -0.4 is 5.73 Å². The first-order valence-electron chi connectivity index (χ1n) is 5.14. The molecule has 3 nitrogen and oxygen atoms in total. The molecule has 72 valence electrons. The molecule has 2 rings (SSSR count). The molecular weight excluding hydrogens is 162 g/mol. The molecule has 3 heteroatoms. The van der Waals surface area contributed by atoms with Gasteiger partial charge < -0.3 is 10.7 Å². The fourth-order valence-corrected chi connectivity index (χ4v) is 2.09. The van der Waals surface area contributed by atoms with Gasteiger partial charge in [0.2, 0.25) is 0 Å². The zero-order chi connectivity index (χ0) is 9.10. The molecule has 1 aliphatic carbocycles. The van der Waals surface area contributed by atoms with Crippen LogP contribution in [0.1, 0.15) is 43.1 Å². The third kappa shape index (κ3) is 1.91. The Morgan fingerprint density at radius 2 is 2.23 bits per heavy atom. The molecule has 0 aliphatic heterocycles. The van der Waals surface area contributed by atoms with Crippen molar-refractivity contribution >= 4 is 0 Å². The molecule has 1 fully saturated rings. The number of nitrogens with two attached hydrogens (primary N) is 1. The molecule has 3 N–H and O–H groups in total. The molecule has 1 aromatic heterocycles. The molecule has 0 aromatic carbocycles. The fraction of sp³-hybridized carbons (Fsp3) is 0.700. The van der Waals surface area contributed by atoms with Gasteiger partial charge in [0.15, 0.2) is 0 Å². The van der Waals surface area contributed by atoms with Crippen LogP contribution in [-0.2, 0) is 6.42 Å². The Kier molecular flexibility index (Phi) is 2.64. The Labute approximate surface area is 78.7 Å². The van der Waals surface area contributed by atoms with Crippen molar-refractivity contribution in [2.45, 2.75) is 38.0 Å². The molecule has 0 unspecified atom stereocenters. The lowest BCUT2D eigenvalue weighted by atomic mass is 10.1. The van der Waals surface area contributed by atoms with Gasteiger partial charge in [-0.15, -0.1) is 0 Å². The summed E-state index contributed by atoms with van der Waals surface area (Å²) < 4.78 is 0. The van der Waals surface area contributed by atoms with Crippen molar-refractivity contribution < 1.29 is 0 Å². The van der Waals surface area contributed by atoms with E-state index in [-0.39, 0.29) is 0 Å². The number of nitrogens with one attached hydrogen (secondary N) is 1. The van der Waals surface area contributed by atoms with Gasteiger partial charge in [-0.1, -0.05) is 12.8 Å². The minimum absolute atomic E-state index is 0.678. The van der Waals surface area contributed by atoms with Gasteiger partial charge in [-0.25, -0.2) is 4.98 Å². The standard InChI is InChI=1S/C10H17N3/c11-6-5-10-12-7-9(13-10)8-3-1-2-4-8/h7-8H,1-6,11H2,(H,12,13). The number of imidazole rings is 1. The van der Waals surface area contributed by atoms with E-state index in [9.17, 15) is 0 Å². The predicted molar refractivity (Wildman–Crippen MR) is 52.6 cm³/mol. The van der Waals surface area contributed by atoms with Crippen LogP contribution in [0.3, 0.4) is 0 Å². The number of hydrogen-bond acceptors (Lipinski definition) is 2. The Morgan fingerprint density at radius 3 is 2.92 bits per heavy atom. The number of hydrogen-bond donors (Lipinski definition) is 2. The summed E-state index contributed by atoms with van der Waals surface area (Å²) >= 11 is 0. The minimum Gasteiger partial charge on any atom is -0.346 e. The monoisotopic (exact) mass is 179 g/mol. The number of rotatable bonds is 3. The summed E-state index contributed by atoms with van der Waals surface area (Å²) in [4.78, 5) is 7.68. The van der Waals surface area contributed by atoms with Crippen LogP contribution in [0, 0.1) is 0 Å². The topological polar surface area (TPSA) is 54.7 Å². The van der Waals surface area contributed by atoms with Crippen LogP contribution >= 0.6 is 0 Å². The van der Waals surface area contributed by atoms with Crippen LogP contribution in [0.15, 0.2) is 6.20 Å². The second-order valence-corrected chi connectivity index (χ2v) is 3.81. The molecule has 1 saturated carbocycles. The average Bonchev–Trinajstić information content (AvgIpc) is 2.70. The molecule has 13 heavy (non-hydrogen) atoms. The van der Waals surface area contributed by atoms with Crippen LogP contribution in [0.4, 0.5) is 0 Å². The van der Waals surface area contributed by atoms with Gasteiger partial charge in [0.05, 0.1) is 0 Å².